The lowest BCUT2D eigenvalue weighted by Crippen LogP contribution is -2.52. The molecule has 3 aromatic carbocycles. The van der Waals surface area contributed by atoms with Crippen LogP contribution < -0.4 is 9.62 Å². The maximum absolute atomic E-state index is 14.1. The lowest BCUT2D eigenvalue weighted by molar-refractivity contribution is -0.140. The number of benzene rings is 3. The van der Waals surface area contributed by atoms with Crippen LogP contribution in [-0.2, 0) is 26.2 Å². The predicted molar refractivity (Wildman–Crippen MR) is 165 cm³/mol. The maximum Gasteiger partial charge on any atom is 0.264 e. The van der Waals surface area contributed by atoms with Crippen molar-refractivity contribution in [3.8, 4) is 0 Å². The van der Waals surface area contributed by atoms with Crippen LogP contribution in [0.2, 0.25) is 0 Å². The van der Waals surface area contributed by atoms with Crippen LogP contribution >= 0.6 is 0 Å². The first-order chi connectivity index (χ1) is 19.6. The highest BCUT2D eigenvalue weighted by atomic mass is 32.2. The number of nitrogens with zero attached hydrogens (tertiary/aromatic N) is 2. The van der Waals surface area contributed by atoms with Gasteiger partial charge in [-0.1, -0.05) is 94.3 Å². The van der Waals surface area contributed by atoms with E-state index in [0.717, 1.165) is 33.8 Å². The van der Waals surface area contributed by atoms with Crippen LogP contribution in [0.5, 0.6) is 0 Å². The van der Waals surface area contributed by atoms with Crippen LogP contribution in [0.25, 0.3) is 0 Å². The molecule has 0 heterocycles. The van der Waals surface area contributed by atoms with Crippen molar-refractivity contribution in [2.45, 2.75) is 77.3 Å². The topological polar surface area (TPSA) is 86.8 Å². The molecule has 0 saturated carbocycles. The molecule has 3 aromatic rings. The third-order valence-corrected chi connectivity index (χ3v) is 8.93. The van der Waals surface area contributed by atoms with Crippen molar-refractivity contribution in [1.82, 2.24) is 10.2 Å². The zero-order chi connectivity index (χ0) is 30.0. The SMILES string of the molecule is CCCCNC(=O)[C@H](CC)N(Cc1ccccc1)C(=O)CN(c1ccc(C(C)C)cc1)S(=O)(=O)c1ccc(C)cc1. The predicted octanol–water partition coefficient (Wildman–Crippen LogP) is 6.04. The van der Waals surface area contributed by atoms with E-state index in [1.54, 1.807) is 36.4 Å². The minimum Gasteiger partial charge on any atom is -0.354 e. The number of amides is 2. The van der Waals surface area contributed by atoms with E-state index in [-0.39, 0.29) is 23.3 Å². The summed E-state index contributed by atoms with van der Waals surface area (Å²) in [4.78, 5) is 29.0. The highest BCUT2D eigenvalue weighted by molar-refractivity contribution is 7.92. The lowest BCUT2D eigenvalue weighted by Gasteiger charge is -2.33. The van der Waals surface area contributed by atoms with E-state index in [2.05, 4.69) is 19.2 Å². The monoisotopic (exact) mass is 577 g/mol. The van der Waals surface area contributed by atoms with Crippen LogP contribution in [0.15, 0.2) is 83.8 Å². The Bertz CT molecular complexity index is 1370. The van der Waals surface area contributed by atoms with Gasteiger partial charge in [-0.25, -0.2) is 8.42 Å². The van der Waals surface area contributed by atoms with Crippen molar-refractivity contribution in [2.24, 2.45) is 0 Å². The standard InChI is InChI=1S/C33H43N3O4S/c1-6-8-22-34-33(38)31(7-2)35(23-27-12-10-9-11-13-27)32(37)24-36(29-18-16-28(17-19-29)25(3)4)41(39,40)30-20-14-26(5)15-21-30/h9-21,25,31H,6-8,22-24H2,1-5H3,(H,34,38)/t31-/m0/s1. The van der Waals surface area contributed by atoms with E-state index in [1.165, 1.54) is 4.90 Å². The Morgan fingerprint density at radius 1 is 0.878 bits per heavy atom. The summed E-state index contributed by atoms with van der Waals surface area (Å²) in [5, 5.41) is 2.95. The van der Waals surface area contributed by atoms with Crippen molar-refractivity contribution in [2.75, 3.05) is 17.4 Å². The number of nitrogens with one attached hydrogen (secondary N) is 1. The second-order valence-electron chi connectivity index (χ2n) is 10.6. The summed E-state index contributed by atoms with van der Waals surface area (Å²) >= 11 is 0. The Morgan fingerprint density at radius 2 is 1.51 bits per heavy atom. The molecule has 41 heavy (non-hydrogen) atoms. The van der Waals surface area contributed by atoms with Gasteiger partial charge in [0.15, 0.2) is 0 Å². The molecule has 1 atom stereocenters. The second kappa shape index (κ2) is 14.8. The molecule has 8 heteroatoms. The largest absolute Gasteiger partial charge is 0.354 e. The zero-order valence-corrected chi connectivity index (χ0v) is 25.7. The van der Waals surface area contributed by atoms with Crippen molar-refractivity contribution >= 4 is 27.5 Å². The van der Waals surface area contributed by atoms with Gasteiger partial charge in [-0.15, -0.1) is 0 Å². The van der Waals surface area contributed by atoms with Gasteiger partial charge in [0.2, 0.25) is 11.8 Å². The summed E-state index contributed by atoms with van der Waals surface area (Å²) in [6.45, 7) is 10.2. The van der Waals surface area contributed by atoms with Crippen molar-refractivity contribution in [3.63, 3.8) is 0 Å². The van der Waals surface area contributed by atoms with E-state index < -0.39 is 28.5 Å². The molecular formula is C33H43N3O4S. The summed E-state index contributed by atoms with van der Waals surface area (Å²) in [7, 11) is -4.09. The van der Waals surface area contributed by atoms with Gasteiger partial charge in [0.25, 0.3) is 10.0 Å². The molecule has 0 bridgehead atoms. The fourth-order valence-corrected chi connectivity index (χ4v) is 6.01. The highest BCUT2D eigenvalue weighted by Crippen LogP contribution is 2.27. The van der Waals surface area contributed by atoms with Gasteiger partial charge in [0.05, 0.1) is 10.6 Å². The van der Waals surface area contributed by atoms with Crippen LogP contribution in [0.3, 0.4) is 0 Å². The van der Waals surface area contributed by atoms with Crippen molar-refractivity contribution in [3.05, 3.63) is 95.6 Å². The number of hydrogen-bond acceptors (Lipinski definition) is 4. The summed E-state index contributed by atoms with van der Waals surface area (Å²) in [6, 6.07) is 22.6. The maximum atomic E-state index is 14.1. The van der Waals surface area contributed by atoms with E-state index in [0.29, 0.717) is 18.7 Å². The molecule has 0 aliphatic rings. The van der Waals surface area contributed by atoms with Crippen LogP contribution in [0.4, 0.5) is 5.69 Å². The van der Waals surface area contributed by atoms with Crippen LogP contribution in [0, 0.1) is 6.92 Å². The average Bonchev–Trinajstić information content (AvgIpc) is 2.96. The van der Waals surface area contributed by atoms with Gasteiger partial charge in [-0.2, -0.15) is 0 Å². The van der Waals surface area contributed by atoms with Gasteiger partial charge in [0.1, 0.15) is 12.6 Å². The fourth-order valence-electron chi connectivity index (χ4n) is 4.60. The third-order valence-electron chi connectivity index (χ3n) is 7.15. The molecule has 0 radical (unpaired) electrons. The molecule has 2 amide bonds. The molecule has 0 fully saturated rings. The van der Waals surface area contributed by atoms with E-state index in [9.17, 15) is 18.0 Å². The quantitative estimate of drug-likeness (QED) is 0.237. The Kier molecular flexibility index (Phi) is 11.5. The normalized spacial score (nSPS) is 12.1. The molecule has 3 rings (SSSR count). The average molecular weight is 578 g/mol. The highest BCUT2D eigenvalue weighted by Gasteiger charge is 2.33. The van der Waals surface area contributed by atoms with Crippen LogP contribution in [0.1, 0.15) is 69.6 Å². The first kappa shape index (κ1) is 31.9. The molecule has 0 spiro atoms. The molecule has 1 N–H and O–H groups in total. The number of aryl methyl sites for hydroxylation is 1. The number of hydrogen-bond donors (Lipinski definition) is 1. The number of carbonyl (C=O) groups excluding carboxylic acids is 2. The lowest BCUT2D eigenvalue weighted by atomic mass is 10.0. The van der Waals surface area contributed by atoms with Gasteiger partial charge >= 0.3 is 0 Å². The molecule has 0 aliphatic carbocycles. The number of unbranched alkanes of at least 4 members (excludes halogenated alkanes) is 1. The second-order valence-corrected chi connectivity index (χ2v) is 12.5. The Morgan fingerprint density at radius 3 is 2.07 bits per heavy atom. The van der Waals surface area contributed by atoms with Gasteiger partial charge in [0, 0.05) is 13.1 Å². The summed E-state index contributed by atoms with van der Waals surface area (Å²) in [5.41, 5.74) is 3.24. The van der Waals surface area contributed by atoms with Gasteiger partial charge in [-0.3, -0.25) is 13.9 Å². The molecule has 0 saturated heterocycles. The smallest absolute Gasteiger partial charge is 0.264 e. The van der Waals surface area contributed by atoms with Gasteiger partial charge in [-0.05, 0) is 61.1 Å². The van der Waals surface area contributed by atoms with E-state index in [1.807, 2.05) is 63.2 Å². The summed E-state index contributed by atoms with van der Waals surface area (Å²) in [6.07, 6.45) is 2.17. The Hall–Kier alpha value is -3.65. The fraction of sp³-hybridized carbons (Fsp3) is 0.394. The van der Waals surface area contributed by atoms with Crippen LogP contribution in [-0.4, -0.2) is 44.3 Å². The number of anilines is 1. The molecule has 220 valence electrons. The first-order valence-corrected chi connectivity index (χ1v) is 15.8. The summed E-state index contributed by atoms with van der Waals surface area (Å²) in [5.74, 6) is -0.417. The van der Waals surface area contributed by atoms with Gasteiger partial charge < -0.3 is 10.2 Å². The molecule has 0 unspecified atom stereocenters. The van der Waals surface area contributed by atoms with E-state index >= 15 is 0 Å². The minimum absolute atomic E-state index is 0.0998. The van der Waals surface area contributed by atoms with Crippen molar-refractivity contribution in [1.29, 1.82) is 0 Å². The molecule has 0 aromatic heterocycles. The Balaban J connectivity index is 2.03. The molecule has 0 aliphatic heterocycles. The zero-order valence-electron chi connectivity index (χ0n) is 24.8. The van der Waals surface area contributed by atoms with Crippen molar-refractivity contribution < 1.29 is 18.0 Å². The third kappa shape index (κ3) is 8.43. The Labute approximate surface area is 245 Å². The molecule has 7 nitrogen and oxygen atoms in total. The first-order valence-electron chi connectivity index (χ1n) is 14.4. The number of carbonyl (C=O) groups is 2. The number of rotatable bonds is 14. The molecular weight excluding hydrogens is 534 g/mol. The van der Waals surface area contributed by atoms with E-state index in [4.69, 9.17) is 0 Å². The summed E-state index contributed by atoms with van der Waals surface area (Å²) < 4.78 is 29.2. The number of sulfonamides is 1. The minimum atomic E-state index is -4.09.